The molecule has 1 aliphatic rings. The molecule has 156 valence electrons. The standard InChI is InChI=1S/C24H28N4O2/c1-17-21-8-3-4-9-22(21)27-24(26-17)28-14-11-19(12-15-28)23(29)25-13-10-18-6-5-7-20(16-18)30-2/h3-9,16,19H,10-15H2,1-2H3,(H,25,29). The van der Waals surface area contributed by atoms with Crippen LogP contribution < -0.4 is 15.0 Å². The van der Waals surface area contributed by atoms with Crippen LogP contribution >= 0.6 is 0 Å². The number of para-hydroxylation sites is 1. The minimum Gasteiger partial charge on any atom is -0.497 e. The fourth-order valence-corrected chi connectivity index (χ4v) is 4.01. The van der Waals surface area contributed by atoms with E-state index in [9.17, 15) is 4.79 Å². The second-order valence-corrected chi connectivity index (χ2v) is 7.78. The topological polar surface area (TPSA) is 67.3 Å². The maximum atomic E-state index is 12.6. The molecule has 2 aromatic carbocycles. The monoisotopic (exact) mass is 404 g/mol. The van der Waals surface area contributed by atoms with Crippen LogP contribution in [0.25, 0.3) is 10.9 Å². The third-order valence-electron chi connectivity index (χ3n) is 5.78. The van der Waals surface area contributed by atoms with Crippen molar-refractivity contribution in [2.75, 3.05) is 31.6 Å². The lowest BCUT2D eigenvalue weighted by Gasteiger charge is -2.31. The van der Waals surface area contributed by atoms with E-state index >= 15 is 0 Å². The van der Waals surface area contributed by atoms with E-state index in [2.05, 4.69) is 22.3 Å². The summed E-state index contributed by atoms with van der Waals surface area (Å²) in [6, 6.07) is 16.1. The number of aryl methyl sites for hydroxylation is 1. The smallest absolute Gasteiger partial charge is 0.226 e. The van der Waals surface area contributed by atoms with Gasteiger partial charge in [0.2, 0.25) is 11.9 Å². The van der Waals surface area contributed by atoms with Crippen molar-refractivity contribution in [2.45, 2.75) is 26.2 Å². The van der Waals surface area contributed by atoms with Gasteiger partial charge in [-0.2, -0.15) is 0 Å². The maximum Gasteiger partial charge on any atom is 0.226 e. The fourth-order valence-electron chi connectivity index (χ4n) is 4.01. The molecule has 0 atom stereocenters. The largest absolute Gasteiger partial charge is 0.497 e. The summed E-state index contributed by atoms with van der Waals surface area (Å²) >= 11 is 0. The number of piperidine rings is 1. The first kappa shape index (κ1) is 20.1. The molecule has 2 heterocycles. The average Bonchev–Trinajstić information content (AvgIpc) is 2.79. The Balaban J connectivity index is 1.29. The van der Waals surface area contributed by atoms with Gasteiger partial charge < -0.3 is 15.0 Å². The molecule has 1 fully saturated rings. The number of ether oxygens (including phenoxy) is 1. The van der Waals surface area contributed by atoms with Crippen molar-refractivity contribution in [1.82, 2.24) is 15.3 Å². The second-order valence-electron chi connectivity index (χ2n) is 7.78. The van der Waals surface area contributed by atoms with Crippen LogP contribution in [0.4, 0.5) is 5.95 Å². The third-order valence-corrected chi connectivity index (χ3v) is 5.78. The number of hydrogen-bond donors (Lipinski definition) is 1. The molecule has 6 nitrogen and oxygen atoms in total. The molecule has 3 aromatic rings. The first-order valence-corrected chi connectivity index (χ1v) is 10.5. The van der Waals surface area contributed by atoms with Crippen LogP contribution in [0.15, 0.2) is 48.5 Å². The lowest BCUT2D eigenvalue weighted by atomic mass is 9.96. The van der Waals surface area contributed by atoms with Crippen molar-refractivity contribution in [3.05, 3.63) is 59.8 Å². The molecule has 0 bridgehead atoms. The van der Waals surface area contributed by atoms with Crippen molar-refractivity contribution in [3.63, 3.8) is 0 Å². The van der Waals surface area contributed by atoms with Crippen LogP contribution in [-0.4, -0.2) is 42.6 Å². The number of rotatable bonds is 6. The molecule has 1 N–H and O–H groups in total. The summed E-state index contributed by atoms with van der Waals surface area (Å²) < 4.78 is 5.25. The van der Waals surface area contributed by atoms with E-state index in [4.69, 9.17) is 14.7 Å². The van der Waals surface area contributed by atoms with E-state index in [1.807, 2.05) is 43.3 Å². The summed E-state index contributed by atoms with van der Waals surface area (Å²) in [5.41, 5.74) is 3.12. The van der Waals surface area contributed by atoms with E-state index in [0.717, 1.165) is 66.2 Å². The fraction of sp³-hybridized carbons (Fsp3) is 0.375. The quantitative estimate of drug-likeness (QED) is 0.681. The van der Waals surface area contributed by atoms with Crippen LogP contribution in [0.2, 0.25) is 0 Å². The SMILES string of the molecule is COc1cccc(CCNC(=O)C2CCN(c3nc(C)c4ccccc4n3)CC2)c1. The van der Waals surface area contributed by atoms with Crippen molar-refractivity contribution in [1.29, 1.82) is 0 Å². The molecule has 6 heteroatoms. The summed E-state index contributed by atoms with van der Waals surface area (Å²) in [5.74, 6) is 1.81. The van der Waals surface area contributed by atoms with E-state index in [1.165, 1.54) is 0 Å². The maximum absolute atomic E-state index is 12.6. The normalized spacial score (nSPS) is 14.7. The van der Waals surface area contributed by atoms with Gasteiger partial charge in [0, 0.05) is 30.9 Å². The van der Waals surface area contributed by atoms with E-state index in [-0.39, 0.29) is 11.8 Å². The Hall–Kier alpha value is -3.15. The summed E-state index contributed by atoms with van der Waals surface area (Å²) in [6.45, 7) is 4.26. The highest BCUT2D eigenvalue weighted by Crippen LogP contribution is 2.24. The number of carbonyl (C=O) groups excluding carboxylic acids is 1. The highest BCUT2D eigenvalue weighted by molar-refractivity contribution is 5.82. The van der Waals surface area contributed by atoms with Crippen LogP contribution in [0, 0.1) is 12.8 Å². The zero-order valence-electron chi connectivity index (χ0n) is 17.6. The lowest BCUT2D eigenvalue weighted by Crippen LogP contribution is -2.41. The summed E-state index contributed by atoms with van der Waals surface area (Å²) in [5, 5.41) is 4.19. The van der Waals surface area contributed by atoms with E-state index < -0.39 is 0 Å². The van der Waals surface area contributed by atoms with Crippen LogP contribution in [0.1, 0.15) is 24.1 Å². The predicted molar refractivity (Wildman–Crippen MR) is 119 cm³/mol. The lowest BCUT2D eigenvalue weighted by molar-refractivity contribution is -0.125. The molecule has 1 aliphatic heterocycles. The number of anilines is 1. The zero-order chi connectivity index (χ0) is 20.9. The van der Waals surface area contributed by atoms with Gasteiger partial charge in [0.1, 0.15) is 5.75 Å². The highest BCUT2D eigenvalue weighted by Gasteiger charge is 2.26. The van der Waals surface area contributed by atoms with Gasteiger partial charge in [-0.15, -0.1) is 0 Å². The van der Waals surface area contributed by atoms with Gasteiger partial charge in [0.15, 0.2) is 0 Å². The van der Waals surface area contributed by atoms with Gasteiger partial charge in [-0.3, -0.25) is 4.79 Å². The van der Waals surface area contributed by atoms with Crippen molar-refractivity contribution in [3.8, 4) is 5.75 Å². The Bertz CT molecular complexity index is 1030. The van der Waals surface area contributed by atoms with Crippen molar-refractivity contribution >= 4 is 22.8 Å². The molecule has 0 aliphatic carbocycles. The van der Waals surface area contributed by atoms with Gasteiger partial charge in [-0.05, 0) is 49.9 Å². The van der Waals surface area contributed by atoms with E-state index in [1.54, 1.807) is 7.11 Å². The molecule has 30 heavy (non-hydrogen) atoms. The van der Waals surface area contributed by atoms with Crippen molar-refractivity contribution in [2.24, 2.45) is 5.92 Å². The number of fused-ring (bicyclic) bond motifs is 1. The first-order chi connectivity index (χ1) is 14.6. The number of methoxy groups -OCH3 is 1. The Labute approximate surface area is 177 Å². The Morgan fingerprint density at radius 3 is 2.73 bits per heavy atom. The van der Waals surface area contributed by atoms with Gasteiger partial charge in [-0.25, -0.2) is 9.97 Å². The summed E-state index contributed by atoms with van der Waals surface area (Å²) in [6.07, 6.45) is 2.44. The van der Waals surface area contributed by atoms with Crippen LogP contribution in [0.5, 0.6) is 5.75 Å². The second kappa shape index (κ2) is 9.11. The molecular formula is C24H28N4O2. The number of nitrogens with one attached hydrogen (secondary N) is 1. The molecule has 0 saturated carbocycles. The molecule has 4 rings (SSSR count). The minimum atomic E-state index is 0.0492. The Morgan fingerprint density at radius 1 is 1.13 bits per heavy atom. The number of hydrogen-bond acceptors (Lipinski definition) is 5. The number of amides is 1. The zero-order valence-corrected chi connectivity index (χ0v) is 17.6. The van der Waals surface area contributed by atoms with Crippen LogP contribution in [-0.2, 0) is 11.2 Å². The van der Waals surface area contributed by atoms with Gasteiger partial charge >= 0.3 is 0 Å². The predicted octanol–water partition coefficient (Wildman–Crippen LogP) is 3.52. The molecule has 1 amide bonds. The number of carbonyl (C=O) groups is 1. The minimum absolute atomic E-state index is 0.0492. The van der Waals surface area contributed by atoms with Gasteiger partial charge in [0.05, 0.1) is 18.3 Å². The molecular weight excluding hydrogens is 376 g/mol. The number of benzene rings is 2. The van der Waals surface area contributed by atoms with E-state index in [0.29, 0.717) is 6.54 Å². The highest BCUT2D eigenvalue weighted by atomic mass is 16.5. The molecule has 1 aromatic heterocycles. The number of nitrogens with zero attached hydrogens (tertiary/aromatic N) is 3. The average molecular weight is 405 g/mol. The first-order valence-electron chi connectivity index (χ1n) is 10.5. The molecule has 0 unspecified atom stereocenters. The summed E-state index contributed by atoms with van der Waals surface area (Å²) in [7, 11) is 1.66. The summed E-state index contributed by atoms with van der Waals surface area (Å²) in [4.78, 5) is 24.2. The van der Waals surface area contributed by atoms with Gasteiger partial charge in [0.25, 0.3) is 0 Å². The Morgan fingerprint density at radius 2 is 1.93 bits per heavy atom. The van der Waals surface area contributed by atoms with Crippen molar-refractivity contribution < 1.29 is 9.53 Å². The van der Waals surface area contributed by atoms with Gasteiger partial charge in [-0.1, -0.05) is 30.3 Å². The Kier molecular flexibility index (Phi) is 6.12. The number of aromatic nitrogens is 2. The molecule has 0 spiro atoms. The van der Waals surface area contributed by atoms with Crippen LogP contribution in [0.3, 0.4) is 0 Å². The third kappa shape index (κ3) is 4.53. The molecule has 1 saturated heterocycles. The molecule has 0 radical (unpaired) electrons.